The van der Waals surface area contributed by atoms with Crippen molar-refractivity contribution in [2.45, 2.75) is 11.8 Å². The number of nitrogens with zero attached hydrogens (tertiary/aromatic N) is 1. The average Bonchev–Trinajstić information content (AvgIpc) is 3.32. The number of nitrogens with one attached hydrogen (secondary N) is 2. The van der Waals surface area contributed by atoms with E-state index in [1.165, 1.54) is 35.5 Å². The molecule has 0 unspecified atom stereocenters. The van der Waals surface area contributed by atoms with E-state index >= 15 is 0 Å². The maximum absolute atomic E-state index is 13.9. The fraction of sp³-hybridized carbons (Fsp3) is 0.171. The fourth-order valence-electron chi connectivity index (χ4n) is 4.82. The van der Waals surface area contributed by atoms with Crippen molar-refractivity contribution in [3.63, 3.8) is 0 Å². The number of hydrogen-bond acceptors (Lipinski definition) is 10. The van der Waals surface area contributed by atoms with Crippen molar-refractivity contribution in [1.29, 1.82) is 0 Å². The minimum absolute atomic E-state index is 0.126. The Kier molecular flexibility index (Phi) is 9.91. The lowest BCUT2D eigenvalue weighted by molar-refractivity contribution is -0.120. The molecule has 1 heterocycles. The Balaban J connectivity index is 1.42. The maximum Gasteiger partial charge on any atom is 0.283 e. The lowest BCUT2D eigenvalue weighted by Crippen LogP contribution is -2.32. The summed E-state index contributed by atoms with van der Waals surface area (Å²) in [7, 11) is 7.41. The molecule has 0 aliphatic carbocycles. The number of carbonyl (C=O) groups excluding carboxylic acids is 3. The van der Waals surface area contributed by atoms with E-state index < -0.39 is 17.7 Å². The predicted molar refractivity (Wildman–Crippen MR) is 180 cm³/mol. The van der Waals surface area contributed by atoms with Crippen molar-refractivity contribution in [2.75, 3.05) is 51.1 Å². The molecule has 12 heteroatoms. The topological polar surface area (TPSA) is 125 Å². The largest absolute Gasteiger partial charge is 0.497 e. The van der Waals surface area contributed by atoms with Crippen LogP contribution in [0.5, 0.6) is 28.7 Å². The zero-order valence-corrected chi connectivity index (χ0v) is 27.4. The van der Waals surface area contributed by atoms with E-state index in [1.54, 1.807) is 54.6 Å². The third-order valence-corrected chi connectivity index (χ3v) is 8.34. The summed E-state index contributed by atoms with van der Waals surface area (Å²) in [5.74, 6) is 0.462. The van der Waals surface area contributed by atoms with Gasteiger partial charge in [-0.3, -0.25) is 14.4 Å². The summed E-state index contributed by atoms with van der Waals surface area (Å²) >= 11 is 1.13. The number of ether oxygens (including phenoxy) is 5. The van der Waals surface area contributed by atoms with Gasteiger partial charge in [-0.15, -0.1) is 0 Å². The minimum Gasteiger partial charge on any atom is -0.497 e. The van der Waals surface area contributed by atoms with Crippen LogP contribution in [0, 0.1) is 6.92 Å². The van der Waals surface area contributed by atoms with Crippen LogP contribution < -0.4 is 39.2 Å². The second-order valence-corrected chi connectivity index (χ2v) is 11.3. The van der Waals surface area contributed by atoms with Gasteiger partial charge in [0.2, 0.25) is 5.75 Å². The van der Waals surface area contributed by atoms with Gasteiger partial charge in [0.25, 0.3) is 17.7 Å². The molecule has 5 rings (SSSR count). The first-order valence-electron chi connectivity index (χ1n) is 14.3. The molecule has 47 heavy (non-hydrogen) atoms. The molecule has 0 bridgehead atoms. The number of imide groups is 1. The number of thioether (sulfide) groups is 1. The van der Waals surface area contributed by atoms with Gasteiger partial charge >= 0.3 is 0 Å². The molecular formula is C35H33N3O8S. The summed E-state index contributed by atoms with van der Waals surface area (Å²) in [6.45, 7) is 1.96. The van der Waals surface area contributed by atoms with E-state index in [9.17, 15) is 14.4 Å². The molecule has 0 aromatic heterocycles. The van der Waals surface area contributed by atoms with Gasteiger partial charge in [0, 0.05) is 27.9 Å². The van der Waals surface area contributed by atoms with Crippen molar-refractivity contribution in [3.8, 4) is 28.7 Å². The smallest absolute Gasteiger partial charge is 0.283 e. The molecule has 0 saturated heterocycles. The van der Waals surface area contributed by atoms with Crippen molar-refractivity contribution in [1.82, 2.24) is 0 Å². The van der Waals surface area contributed by atoms with Crippen LogP contribution >= 0.6 is 11.8 Å². The maximum atomic E-state index is 13.9. The van der Waals surface area contributed by atoms with Gasteiger partial charge in [-0.25, -0.2) is 4.90 Å². The van der Waals surface area contributed by atoms with Crippen LogP contribution in [-0.2, 0) is 9.59 Å². The quantitative estimate of drug-likeness (QED) is 0.169. The monoisotopic (exact) mass is 655 g/mol. The highest BCUT2D eigenvalue weighted by Gasteiger charge is 2.41. The molecule has 4 aromatic carbocycles. The fourth-order valence-corrected chi connectivity index (χ4v) is 5.75. The number of rotatable bonds is 12. The Morgan fingerprint density at radius 3 is 1.87 bits per heavy atom. The number of aryl methyl sites for hydroxylation is 1. The second-order valence-electron chi connectivity index (χ2n) is 10.2. The molecule has 242 valence electrons. The predicted octanol–water partition coefficient (Wildman–Crippen LogP) is 6.28. The SMILES string of the molecule is COc1ccc(N2C(=O)C(Nc3ccc(C)cc3)=C(Sc3ccc(NC(=O)c4cc(OC)c(OC)c(OC)c4)cc3)C2=O)c(OC)c1. The zero-order valence-electron chi connectivity index (χ0n) is 26.6. The van der Waals surface area contributed by atoms with E-state index in [2.05, 4.69) is 10.6 Å². The van der Waals surface area contributed by atoms with E-state index in [0.717, 1.165) is 22.2 Å². The van der Waals surface area contributed by atoms with E-state index in [-0.39, 0.29) is 16.3 Å². The number of amides is 3. The molecular weight excluding hydrogens is 622 g/mol. The first-order chi connectivity index (χ1) is 22.7. The summed E-state index contributed by atoms with van der Waals surface area (Å²) in [5, 5.41) is 6.01. The van der Waals surface area contributed by atoms with Gasteiger partial charge in [0.1, 0.15) is 22.1 Å². The van der Waals surface area contributed by atoms with Crippen molar-refractivity contribution >= 4 is 46.5 Å². The number of benzene rings is 4. The lowest BCUT2D eigenvalue weighted by atomic mass is 10.1. The number of hydrogen-bond donors (Lipinski definition) is 2. The molecule has 0 fully saturated rings. The Bertz CT molecular complexity index is 1830. The minimum atomic E-state index is -0.532. The van der Waals surface area contributed by atoms with Crippen LogP contribution in [0.1, 0.15) is 15.9 Å². The van der Waals surface area contributed by atoms with E-state index in [1.807, 2.05) is 31.2 Å². The molecule has 1 aliphatic heterocycles. The zero-order chi connectivity index (χ0) is 33.7. The first-order valence-corrected chi connectivity index (χ1v) is 15.1. The molecule has 0 atom stereocenters. The van der Waals surface area contributed by atoms with Gasteiger partial charge < -0.3 is 34.3 Å². The van der Waals surface area contributed by atoms with Crippen LogP contribution in [0.4, 0.5) is 17.1 Å². The van der Waals surface area contributed by atoms with E-state index in [0.29, 0.717) is 50.6 Å². The average molecular weight is 656 g/mol. The molecule has 3 amide bonds. The third-order valence-electron chi connectivity index (χ3n) is 7.25. The van der Waals surface area contributed by atoms with Crippen molar-refractivity contribution in [2.24, 2.45) is 0 Å². The van der Waals surface area contributed by atoms with Crippen molar-refractivity contribution < 1.29 is 38.1 Å². The Morgan fingerprint density at radius 2 is 1.30 bits per heavy atom. The first kappa shape index (κ1) is 32.8. The van der Waals surface area contributed by atoms with E-state index in [4.69, 9.17) is 23.7 Å². The summed E-state index contributed by atoms with van der Waals surface area (Å²) < 4.78 is 26.9. The number of anilines is 3. The highest BCUT2D eigenvalue weighted by atomic mass is 32.2. The third kappa shape index (κ3) is 6.82. The van der Waals surface area contributed by atoms with Crippen molar-refractivity contribution in [3.05, 3.63) is 101 Å². The second kappa shape index (κ2) is 14.2. The molecule has 0 radical (unpaired) electrons. The van der Waals surface area contributed by atoms with Gasteiger partial charge in [-0.1, -0.05) is 29.5 Å². The highest BCUT2D eigenvalue weighted by Crippen LogP contribution is 2.42. The number of methoxy groups -OCH3 is 5. The molecule has 0 spiro atoms. The molecule has 11 nitrogen and oxygen atoms in total. The molecule has 0 saturated carbocycles. The van der Waals surface area contributed by atoms with Gasteiger partial charge in [0.05, 0.1) is 41.2 Å². The van der Waals surface area contributed by atoms with Crippen LogP contribution in [0.15, 0.2) is 94.4 Å². The Morgan fingerprint density at radius 1 is 0.681 bits per heavy atom. The van der Waals surface area contributed by atoms with Gasteiger partial charge in [-0.2, -0.15) is 0 Å². The van der Waals surface area contributed by atoms with Gasteiger partial charge in [-0.05, 0) is 67.6 Å². The number of carbonyl (C=O) groups is 3. The Hall–Kier alpha value is -5.62. The van der Waals surface area contributed by atoms with Crippen LogP contribution in [0.3, 0.4) is 0 Å². The summed E-state index contributed by atoms with van der Waals surface area (Å²) in [6.07, 6.45) is 0. The van der Waals surface area contributed by atoms with Crippen LogP contribution in [0.25, 0.3) is 0 Å². The molecule has 4 aromatic rings. The lowest BCUT2D eigenvalue weighted by Gasteiger charge is -2.19. The summed E-state index contributed by atoms with van der Waals surface area (Å²) in [6, 6.07) is 22.4. The standard InChI is InChI=1S/C35H33N3O8S/c1-20-7-9-22(10-8-20)36-30-32(35(41)38(34(30)40)26-16-13-24(42-2)19-27(26)43-3)47-25-14-11-23(12-15-25)37-33(39)21-17-28(44-4)31(46-6)29(18-21)45-5/h7-19,36H,1-6H3,(H,37,39). The molecule has 1 aliphatic rings. The normalized spacial score (nSPS) is 12.6. The van der Waals surface area contributed by atoms with Crippen LogP contribution in [-0.4, -0.2) is 53.3 Å². The van der Waals surface area contributed by atoms with Crippen LogP contribution in [0.2, 0.25) is 0 Å². The summed E-state index contributed by atoms with van der Waals surface area (Å²) in [5.41, 5.74) is 2.93. The highest BCUT2D eigenvalue weighted by molar-refractivity contribution is 8.04. The summed E-state index contributed by atoms with van der Waals surface area (Å²) in [4.78, 5) is 42.8. The molecule has 2 N–H and O–H groups in total. The van der Waals surface area contributed by atoms with Gasteiger partial charge in [0.15, 0.2) is 11.5 Å². The Labute approximate surface area is 276 Å².